The molecular formula is C16H22N2O5. The molecule has 0 saturated carbocycles. The molecule has 1 aliphatic rings. The molecule has 1 heterocycles. The van der Waals surface area contributed by atoms with E-state index in [0.29, 0.717) is 24.3 Å². The van der Waals surface area contributed by atoms with Gasteiger partial charge in [0, 0.05) is 20.0 Å². The van der Waals surface area contributed by atoms with Crippen molar-refractivity contribution in [2.24, 2.45) is 0 Å². The maximum atomic E-state index is 11.5. The second-order valence-electron chi connectivity index (χ2n) is 5.62. The Morgan fingerprint density at radius 1 is 1.52 bits per heavy atom. The number of rotatable bonds is 7. The molecule has 2 rings (SSSR count). The van der Waals surface area contributed by atoms with Crippen molar-refractivity contribution in [2.75, 3.05) is 20.2 Å². The molecule has 1 saturated heterocycles. The number of hydrogen-bond acceptors (Lipinski definition) is 4. The predicted octanol–water partition coefficient (Wildman–Crippen LogP) is 1.38. The molecule has 1 aliphatic heterocycles. The Balaban J connectivity index is 1.86. The van der Waals surface area contributed by atoms with E-state index in [1.807, 2.05) is 0 Å². The maximum absolute atomic E-state index is 11.5. The summed E-state index contributed by atoms with van der Waals surface area (Å²) in [6, 6.07) is 7.16. The number of nitrogens with one attached hydrogen (secondary N) is 1. The number of nitrogens with zero attached hydrogens (tertiary/aromatic N) is 1. The normalized spacial score (nSPS) is 18.8. The molecule has 0 aliphatic carbocycles. The first-order valence-electron chi connectivity index (χ1n) is 7.60. The van der Waals surface area contributed by atoms with Crippen molar-refractivity contribution in [3.63, 3.8) is 0 Å². The molecule has 3 N–H and O–H groups in total. The Labute approximate surface area is 134 Å². The van der Waals surface area contributed by atoms with Gasteiger partial charge in [-0.25, -0.2) is 4.79 Å². The van der Waals surface area contributed by atoms with Crippen molar-refractivity contribution < 1.29 is 24.5 Å². The third-order valence-electron chi connectivity index (χ3n) is 4.01. The lowest BCUT2D eigenvalue weighted by molar-refractivity contribution is -0.127. The van der Waals surface area contributed by atoms with Gasteiger partial charge >= 0.3 is 6.09 Å². The number of ether oxygens (including phenoxy) is 1. The summed E-state index contributed by atoms with van der Waals surface area (Å²) in [7, 11) is 1.78. The van der Waals surface area contributed by atoms with Crippen molar-refractivity contribution in [3.8, 4) is 5.75 Å². The van der Waals surface area contributed by atoms with Gasteiger partial charge in [-0.05, 0) is 30.5 Å². The SMILES string of the molecule is CN1C(=O)CCC1COc1cccc([C@H](O)CCNC(=O)O)c1. The highest BCUT2D eigenvalue weighted by Gasteiger charge is 2.27. The van der Waals surface area contributed by atoms with Crippen molar-refractivity contribution in [1.82, 2.24) is 10.2 Å². The first-order valence-corrected chi connectivity index (χ1v) is 7.60. The number of aliphatic hydroxyl groups is 1. The summed E-state index contributed by atoms with van der Waals surface area (Å²) in [5, 5.41) is 20.8. The van der Waals surface area contributed by atoms with Gasteiger partial charge in [-0.3, -0.25) is 4.79 Å². The van der Waals surface area contributed by atoms with Crippen molar-refractivity contribution >= 4 is 12.0 Å². The van der Waals surface area contributed by atoms with Gasteiger partial charge in [0.2, 0.25) is 5.91 Å². The highest BCUT2D eigenvalue weighted by atomic mass is 16.5. The summed E-state index contributed by atoms with van der Waals surface area (Å²) in [5.41, 5.74) is 0.672. The van der Waals surface area contributed by atoms with Crippen LogP contribution < -0.4 is 10.1 Å². The van der Waals surface area contributed by atoms with E-state index in [-0.39, 0.29) is 24.9 Å². The Morgan fingerprint density at radius 3 is 2.96 bits per heavy atom. The average Bonchev–Trinajstić information content (AvgIpc) is 2.84. The van der Waals surface area contributed by atoms with E-state index in [0.717, 1.165) is 6.42 Å². The maximum Gasteiger partial charge on any atom is 0.404 e. The van der Waals surface area contributed by atoms with Crippen LogP contribution in [0.5, 0.6) is 5.75 Å². The standard InChI is InChI=1S/C16H22N2O5/c1-18-12(5-6-15(18)20)10-23-13-4-2-3-11(9-13)14(19)7-8-17-16(21)22/h2-4,9,12,14,17,19H,5-8,10H2,1H3,(H,21,22)/t12?,14-/m1/s1. The average molecular weight is 322 g/mol. The zero-order chi connectivity index (χ0) is 16.8. The number of aliphatic hydroxyl groups excluding tert-OH is 1. The molecule has 7 nitrogen and oxygen atoms in total. The molecule has 0 bridgehead atoms. The smallest absolute Gasteiger partial charge is 0.404 e. The van der Waals surface area contributed by atoms with E-state index >= 15 is 0 Å². The first-order chi connectivity index (χ1) is 11.0. The Morgan fingerprint density at radius 2 is 2.30 bits per heavy atom. The number of benzene rings is 1. The summed E-state index contributed by atoms with van der Waals surface area (Å²) in [5.74, 6) is 0.759. The minimum absolute atomic E-state index is 0.0795. The van der Waals surface area contributed by atoms with E-state index in [2.05, 4.69) is 5.32 Å². The predicted molar refractivity (Wildman–Crippen MR) is 83.3 cm³/mol. The fraction of sp³-hybridized carbons (Fsp3) is 0.500. The monoisotopic (exact) mass is 322 g/mol. The van der Waals surface area contributed by atoms with Crippen LogP contribution in [0.4, 0.5) is 4.79 Å². The van der Waals surface area contributed by atoms with Crippen molar-refractivity contribution in [1.29, 1.82) is 0 Å². The highest BCUT2D eigenvalue weighted by molar-refractivity contribution is 5.78. The number of carbonyl (C=O) groups excluding carboxylic acids is 1. The number of carbonyl (C=O) groups is 2. The van der Waals surface area contributed by atoms with Crippen LogP contribution in [0.3, 0.4) is 0 Å². The number of carboxylic acid groups (broad SMARTS) is 1. The van der Waals surface area contributed by atoms with Gasteiger partial charge in [0.25, 0.3) is 0 Å². The molecule has 2 amide bonds. The second kappa shape index (κ2) is 7.82. The van der Waals surface area contributed by atoms with Gasteiger partial charge in [-0.15, -0.1) is 0 Å². The Hall–Kier alpha value is -2.28. The van der Waals surface area contributed by atoms with Crippen LogP contribution in [0.1, 0.15) is 30.9 Å². The fourth-order valence-electron chi connectivity index (χ4n) is 2.55. The molecule has 126 valence electrons. The van der Waals surface area contributed by atoms with E-state index in [1.165, 1.54) is 0 Å². The fourth-order valence-corrected chi connectivity index (χ4v) is 2.55. The van der Waals surface area contributed by atoms with Crippen LogP contribution in [0, 0.1) is 0 Å². The van der Waals surface area contributed by atoms with Gasteiger partial charge in [0.15, 0.2) is 0 Å². The lowest BCUT2D eigenvalue weighted by atomic mass is 10.1. The highest BCUT2D eigenvalue weighted by Crippen LogP contribution is 2.23. The number of likely N-dealkylation sites (N-methyl/N-ethyl adjacent to an activating group) is 1. The Kier molecular flexibility index (Phi) is 5.81. The lowest BCUT2D eigenvalue weighted by Gasteiger charge is -2.20. The summed E-state index contributed by atoms with van der Waals surface area (Å²) < 4.78 is 5.73. The second-order valence-corrected chi connectivity index (χ2v) is 5.62. The van der Waals surface area contributed by atoms with Crippen LogP contribution in [0.15, 0.2) is 24.3 Å². The number of amides is 2. The summed E-state index contributed by atoms with van der Waals surface area (Å²) in [6.45, 7) is 0.596. The molecule has 23 heavy (non-hydrogen) atoms. The molecule has 7 heteroatoms. The first kappa shape index (κ1) is 17.1. The molecule has 0 radical (unpaired) electrons. The van der Waals surface area contributed by atoms with E-state index in [9.17, 15) is 14.7 Å². The minimum Gasteiger partial charge on any atom is -0.491 e. The van der Waals surface area contributed by atoms with Crippen molar-refractivity contribution in [3.05, 3.63) is 29.8 Å². The van der Waals surface area contributed by atoms with Crippen molar-refractivity contribution in [2.45, 2.75) is 31.4 Å². The van der Waals surface area contributed by atoms with Crippen LogP contribution >= 0.6 is 0 Å². The van der Waals surface area contributed by atoms with Gasteiger partial charge in [0.05, 0.1) is 12.1 Å². The quantitative estimate of drug-likeness (QED) is 0.704. The molecule has 1 unspecified atom stereocenters. The zero-order valence-corrected chi connectivity index (χ0v) is 13.1. The van der Waals surface area contributed by atoms with E-state index in [4.69, 9.17) is 9.84 Å². The summed E-state index contributed by atoms with van der Waals surface area (Å²) >= 11 is 0. The summed E-state index contributed by atoms with van der Waals surface area (Å²) in [6.07, 6.45) is -0.237. The largest absolute Gasteiger partial charge is 0.491 e. The molecule has 1 fully saturated rings. The van der Waals surface area contributed by atoms with E-state index in [1.54, 1.807) is 36.2 Å². The van der Waals surface area contributed by atoms with Gasteiger partial charge in [0.1, 0.15) is 12.4 Å². The molecule has 0 aromatic heterocycles. The van der Waals surface area contributed by atoms with Crippen LogP contribution in [-0.4, -0.2) is 53.4 Å². The summed E-state index contributed by atoms with van der Waals surface area (Å²) in [4.78, 5) is 23.6. The number of likely N-dealkylation sites (tertiary alicyclic amines) is 1. The van der Waals surface area contributed by atoms with Gasteiger partial charge in [-0.1, -0.05) is 12.1 Å². The zero-order valence-electron chi connectivity index (χ0n) is 13.1. The molecule has 0 spiro atoms. The van der Waals surface area contributed by atoms with Crippen LogP contribution in [0.25, 0.3) is 0 Å². The van der Waals surface area contributed by atoms with Gasteiger partial charge in [-0.2, -0.15) is 0 Å². The molecular weight excluding hydrogens is 300 g/mol. The number of hydrogen-bond donors (Lipinski definition) is 3. The molecule has 2 atom stereocenters. The molecule has 1 aromatic carbocycles. The lowest BCUT2D eigenvalue weighted by Crippen LogP contribution is -2.33. The topological polar surface area (TPSA) is 99.1 Å². The van der Waals surface area contributed by atoms with E-state index < -0.39 is 12.2 Å². The van der Waals surface area contributed by atoms with Crippen LogP contribution in [0.2, 0.25) is 0 Å². The third kappa shape index (κ3) is 4.85. The Bertz CT molecular complexity index is 563. The minimum atomic E-state index is -1.11. The third-order valence-corrected chi connectivity index (χ3v) is 4.01. The van der Waals surface area contributed by atoms with Gasteiger partial charge < -0.3 is 25.2 Å². The van der Waals surface area contributed by atoms with Crippen LogP contribution in [-0.2, 0) is 4.79 Å². The molecule has 1 aromatic rings.